The standard InChI is InChI=1S/C21H18N4O/c1-13(14-4-7-23-8-5-14)15-2-3-17(21(22)26)18(10-15)20-11-19-16(12-25-20)6-9-24-19/h2-13,24H,1H3,(H2,22,26). The first-order chi connectivity index (χ1) is 12.6. The third-order valence-corrected chi connectivity index (χ3v) is 4.73. The molecule has 4 rings (SSSR count). The lowest BCUT2D eigenvalue weighted by Crippen LogP contribution is -2.13. The zero-order valence-electron chi connectivity index (χ0n) is 14.3. The topological polar surface area (TPSA) is 84.7 Å². The monoisotopic (exact) mass is 342 g/mol. The van der Waals surface area contributed by atoms with E-state index in [1.54, 1.807) is 24.7 Å². The molecule has 0 radical (unpaired) electrons. The van der Waals surface area contributed by atoms with Gasteiger partial charge in [-0.2, -0.15) is 0 Å². The van der Waals surface area contributed by atoms with E-state index in [-0.39, 0.29) is 5.92 Å². The van der Waals surface area contributed by atoms with Gasteiger partial charge in [-0.15, -0.1) is 0 Å². The van der Waals surface area contributed by atoms with Crippen molar-refractivity contribution in [3.8, 4) is 11.3 Å². The highest BCUT2D eigenvalue weighted by Crippen LogP contribution is 2.30. The lowest BCUT2D eigenvalue weighted by Gasteiger charge is -2.15. The molecule has 0 fully saturated rings. The number of amides is 1. The van der Waals surface area contributed by atoms with Gasteiger partial charge in [0.2, 0.25) is 5.91 Å². The summed E-state index contributed by atoms with van der Waals surface area (Å²) in [6.07, 6.45) is 7.23. The summed E-state index contributed by atoms with van der Waals surface area (Å²) < 4.78 is 0. The number of pyridine rings is 2. The summed E-state index contributed by atoms with van der Waals surface area (Å²) in [7, 11) is 0. The van der Waals surface area contributed by atoms with Gasteiger partial charge >= 0.3 is 0 Å². The molecule has 128 valence electrons. The maximum absolute atomic E-state index is 11.9. The number of rotatable bonds is 4. The molecule has 5 heteroatoms. The third-order valence-electron chi connectivity index (χ3n) is 4.73. The lowest BCUT2D eigenvalue weighted by atomic mass is 9.90. The van der Waals surface area contributed by atoms with E-state index in [1.807, 2.05) is 42.6 Å². The van der Waals surface area contributed by atoms with Gasteiger partial charge in [-0.1, -0.05) is 13.0 Å². The van der Waals surface area contributed by atoms with Crippen LogP contribution in [-0.2, 0) is 0 Å². The Morgan fingerprint density at radius 2 is 1.88 bits per heavy atom. The number of H-pyrrole nitrogens is 1. The van der Waals surface area contributed by atoms with E-state index in [0.717, 1.165) is 33.3 Å². The second-order valence-electron chi connectivity index (χ2n) is 6.31. The summed E-state index contributed by atoms with van der Waals surface area (Å²) in [5, 5.41) is 1.02. The smallest absolute Gasteiger partial charge is 0.249 e. The molecule has 3 aromatic heterocycles. The minimum absolute atomic E-state index is 0.160. The zero-order valence-corrected chi connectivity index (χ0v) is 14.3. The number of carbonyl (C=O) groups excluding carboxylic acids is 1. The first-order valence-corrected chi connectivity index (χ1v) is 8.40. The molecule has 0 aliphatic heterocycles. The average Bonchev–Trinajstić information content (AvgIpc) is 3.15. The fourth-order valence-electron chi connectivity index (χ4n) is 3.19. The number of nitrogens with one attached hydrogen (secondary N) is 1. The Morgan fingerprint density at radius 1 is 1.08 bits per heavy atom. The Labute approximate surface area is 150 Å². The van der Waals surface area contributed by atoms with Crippen molar-refractivity contribution >= 4 is 16.8 Å². The normalized spacial score (nSPS) is 12.2. The molecule has 4 aromatic rings. The molecule has 26 heavy (non-hydrogen) atoms. The van der Waals surface area contributed by atoms with E-state index in [4.69, 9.17) is 5.73 Å². The molecule has 1 amide bonds. The summed E-state index contributed by atoms with van der Waals surface area (Å²) in [6.45, 7) is 2.12. The number of aromatic nitrogens is 3. The number of aromatic amines is 1. The number of hydrogen-bond donors (Lipinski definition) is 2. The van der Waals surface area contributed by atoms with E-state index in [1.165, 1.54) is 0 Å². The lowest BCUT2D eigenvalue weighted by molar-refractivity contribution is 0.100. The van der Waals surface area contributed by atoms with Crippen LogP contribution in [0.3, 0.4) is 0 Å². The van der Waals surface area contributed by atoms with Crippen molar-refractivity contribution in [1.82, 2.24) is 15.0 Å². The van der Waals surface area contributed by atoms with Crippen LogP contribution in [0.2, 0.25) is 0 Å². The molecular weight excluding hydrogens is 324 g/mol. The second kappa shape index (κ2) is 6.44. The van der Waals surface area contributed by atoms with E-state index in [0.29, 0.717) is 5.56 Å². The van der Waals surface area contributed by atoms with Crippen LogP contribution in [0.15, 0.2) is 67.3 Å². The van der Waals surface area contributed by atoms with Gasteiger partial charge in [0.15, 0.2) is 0 Å². The van der Waals surface area contributed by atoms with Crippen LogP contribution < -0.4 is 5.73 Å². The summed E-state index contributed by atoms with van der Waals surface area (Å²) >= 11 is 0. The van der Waals surface area contributed by atoms with Crippen molar-refractivity contribution in [3.63, 3.8) is 0 Å². The third kappa shape index (κ3) is 2.84. The van der Waals surface area contributed by atoms with E-state index in [2.05, 4.69) is 21.9 Å². The van der Waals surface area contributed by atoms with Gasteiger partial charge in [0.1, 0.15) is 0 Å². The highest BCUT2D eigenvalue weighted by Gasteiger charge is 2.16. The highest BCUT2D eigenvalue weighted by molar-refractivity contribution is 6.00. The quantitative estimate of drug-likeness (QED) is 0.590. The first-order valence-electron chi connectivity index (χ1n) is 8.40. The summed E-state index contributed by atoms with van der Waals surface area (Å²) in [5.74, 6) is -0.301. The summed E-state index contributed by atoms with van der Waals surface area (Å²) in [4.78, 5) is 23.7. The molecule has 0 saturated heterocycles. The average molecular weight is 342 g/mol. The van der Waals surface area contributed by atoms with Crippen LogP contribution in [0, 0.1) is 0 Å². The van der Waals surface area contributed by atoms with Crippen molar-refractivity contribution in [3.05, 3.63) is 83.9 Å². The molecule has 0 spiro atoms. The number of fused-ring (bicyclic) bond motifs is 1. The molecule has 0 aliphatic rings. The minimum atomic E-state index is -0.462. The number of nitrogens with zero attached hydrogens (tertiary/aromatic N) is 2. The molecule has 1 atom stereocenters. The fourth-order valence-corrected chi connectivity index (χ4v) is 3.19. The van der Waals surface area contributed by atoms with E-state index < -0.39 is 5.91 Å². The summed E-state index contributed by atoms with van der Waals surface area (Å²) in [6, 6.07) is 13.6. The van der Waals surface area contributed by atoms with Gasteiger partial charge in [-0.05, 0) is 47.5 Å². The predicted octanol–water partition coefficient (Wildman–Crippen LogP) is 3.88. The number of nitrogens with two attached hydrogens (primary N) is 1. The van der Waals surface area contributed by atoms with Gasteiger partial charge in [-0.3, -0.25) is 14.8 Å². The molecular formula is C21H18N4O. The molecule has 3 heterocycles. The van der Waals surface area contributed by atoms with Crippen LogP contribution in [-0.4, -0.2) is 20.9 Å². The molecule has 0 saturated carbocycles. The molecule has 0 bridgehead atoms. The fraction of sp³-hybridized carbons (Fsp3) is 0.0952. The summed E-state index contributed by atoms with van der Waals surface area (Å²) in [5.41, 5.74) is 10.7. The molecule has 0 aliphatic carbocycles. The minimum Gasteiger partial charge on any atom is -0.366 e. The van der Waals surface area contributed by atoms with Crippen molar-refractivity contribution in [2.24, 2.45) is 5.73 Å². The molecule has 1 unspecified atom stereocenters. The van der Waals surface area contributed by atoms with Gasteiger partial charge < -0.3 is 10.7 Å². The van der Waals surface area contributed by atoms with Gasteiger partial charge in [-0.25, -0.2) is 0 Å². The van der Waals surface area contributed by atoms with Crippen molar-refractivity contribution in [1.29, 1.82) is 0 Å². The Kier molecular flexibility index (Phi) is 3.97. The van der Waals surface area contributed by atoms with E-state index in [9.17, 15) is 4.79 Å². The zero-order chi connectivity index (χ0) is 18.1. The highest BCUT2D eigenvalue weighted by atomic mass is 16.1. The van der Waals surface area contributed by atoms with Crippen LogP contribution >= 0.6 is 0 Å². The Balaban J connectivity index is 1.84. The van der Waals surface area contributed by atoms with Gasteiger partial charge in [0.25, 0.3) is 0 Å². The van der Waals surface area contributed by atoms with Crippen LogP contribution in [0.4, 0.5) is 0 Å². The van der Waals surface area contributed by atoms with Crippen molar-refractivity contribution < 1.29 is 4.79 Å². The van der Waals surface area contributed by atoms with Crippen molar-refractivity contribution in [2.75, 3.05) is 0 Å². The predicted molar refractivity (Wildman–Crippen MR) is 102 cm³/mol. The number of benzene rings is 1. The van der Waals surface area contributed by atoms with Crippen LogP contribution in [0.1, 0.15) is 34.3 Å². The van der Waals surface area contributed by atoms with Crippen molar-refractivity contribution in [2.45, 2.75) is 12.8 Å². The SMILES string of the molecule is CC(c1ccncc1)c1ccc(C(N)=O)c(-c2cc3[nH]ccc3cn2)c1. The Hall–Kier alpha value is -3.47. The largest absolute Gasteiger partial charge is 0.366 e. The van der Waals surface area contributed by atoms with Crippen LogP contribution in [0.25, 0.3) is 22.2 Å². The van der Waals surface area contributed by atoms with Gasteiger partial charge in [0, 0.05) is 52.7 Å². The second-order valence-corrected chi connectivity index (χ2v) is 6.31. The first kappa shape index (κ1) is 16.0. The van der Waals surface area contributed by atoms with E-state index >= 15 is 0 Å². The molecule has 5 nitrogen and oxygen atoms in total. The van der Waals surface area contributed by atoms with Crippen LogP contribution in [0.5, 0.6) is 0 Å². The number of carbonyl (C=O) groups is 1. The Morgan fingerprint density at radius 3 is 2.65 bits per heavy atom. The molecule has 3 N–H and O–H groups in total. The number of hydrogen-bond acceptors (Lipinski definition) is 3. The maximum Gasteiger partial charge on any atom is 0.249 e. The number of primary amides is 1. The Bertz CT molecular complexity index is 1090. The maximum atomic E-state index is 11.9. The molecule has 1 aromatic carbocycles. The van der Waals surface area contributed by atoms with Gasteiger partial charge in [0.05, 0.1) is 5.69 Å².